The minimum atomic E-state index is -0.0181. The summed E-state index contributed by atoms with van der Waals surface area (Å²) in [6.45, 7) is 2.85. The topological polar surface area (TPSA) is 56.1 Å². The number of carbonyl (C=O) groups is 1. The third-order valence-corrected chi connectivity index (χ3v) is 4.27. The number of aromatic nitrogens is 2. The van der Waals surface area contributed by atoms with Crippen LogP contribution >= 0.6 is 0 Å². The van der Waals surface area contributed by atoms with Crippen LogP contribution < -0.4 is 5.32 Å². The van der Waals surface area contributed by atoms with Crippen LogP contribution in [-0.4, -0.2) is 28.2 Å². The van der Waals surface area contributed by atoms with Crippen LogP contribution in [0, 0.1) is 0 Å². The summed E-state index contributed by atoms with van der Waals surface area (Å²) in [6, 6.07) is 8.12. The number of hydrogen-bond acceptors (Lipinski definition) is 3. The summed E-state index contributed by atoms with van der Waals surface area (Å²) in [6.07, 6.45) is 9.22. The molecule has 1 saturated heterocycles. The van der Waals surface area contributed by atoms with E-state index in [1.54, 1.807) is 12.5 Å². The summed E-state index contributed by atoms with van der Waals surface area (Å²) in [5.41, 5.74) is 2.13. The number of carbonyl (C=O) groups excluding carboxylic acids is 1. The number of ether oxygens (including phenoxy) is 1. The van der Waals surface area contributed by atoms with Crippen molar-refractivity contribution in [2.24, 2.45) is 0 Å². The number of hydrogen-bond donors (Lipinski definition) is 1. The van der Waals surface area contributed by atoms with Crippen LogP contribution in [0.3, 0.4) is 0 Å². The number of imidazole rings is 1. The van der Waals surface area contributed by atoms with Crippen LogP contribution in [0.25, 0.3) is 5.69 Å². The fraction of sp³-hybridized carbons (Fsp3) is 0.444. The molecule has 0 aliphatic carbocycles. The normalized spacial score (nSPS) is 18.7. The summed E-state index contributed by atoms with van der Waals surface area (Å²) >= 11 is 0. The highest BCUT2D eigenvalue weighted by molar-refractivity contribution is 5.76. The molecule has 0 saturated carbocycles. The van der Waals surface area contributed by atoms with E-state index in [-0.39, 0.29) is 18.1 Å². The molecular formula is C18H23N3O2. The van der Waals surface area contributed by atoms with Crippen molar-refractivity contribution in [2.45, 2.75) is 44.8 Å². The van der Waals surface area contributed by atoms with Crippen LogP contribution in [0.1, 0.15) is 44.2 Å². The SMILES string of the molecule is CC(NC(=O)CCC1CCCO1)c1cccc(-n2ccnc2)c1. The number of benzene rings is 1. The van der Waals surface area contributed by atoms with Gasteiger partial charge in [-0.05, 0) is 43.9 Å². The zero-order valence-corrected chi connectivity index (χ0v) is 13.4. The lowest BCUT2D eigenvalue weighted by atomic mass is 10.1. The van der Waals surface area contributed by atoms with Crippen molar-refractivity contribution in [2.75, 3.05) is 6.61 Å². The van der Waals surface area contributed by atoms with Gasteiger partial charge in [-0.25, -0.2) is 4.98 Å². The van der Waals surface area contributed by atoms with Crippen LogP contribution in [-0.2, 0) is 9.53 Å². The van der Waals surface area contributed by atoms with Gasteiger partial charge in [0.1, 0.15) is 0 Å². The lowest BCUT2D eigenvalue weighted by Crippen LogP contribution is -2.27. The predicted octanol–water partition coefficient (Wildman–Crippen LogP) is 3.01. The van der Waals surface area contributed by atoms with Gasteiger partial charge in [0.25, 0.3) is 0 Å². The van der Waals surface area contributed by atoms with Gasteiger partial charge in [-0.1, -0.05) is 12.1 Å². The third-order valence-electron chi connectivity index (χ3n) is 4.27. The van der Waals surface area contributed by atoms with Crippen LogP contribution in [0.5, 0.6) is 0 Å². The molecule has 2 heterocycles. The molecule has 5 nitrogen and oxygen atoms in total. The zero-order valence-electron chi connectivity index (χ0n) is 13.4. The number of nitrogens with one attached hydrogen (secondary N) is 1. The van der Waals surface area contributed by atoms with E-state index in [1.165, 1.54) is 0 Å². The minimum Gasteiger partial charge on any atom is -0.378 e. The molecule has 1 aliphatic rings. The summed E-state index contributed by atoms with van der Waals surface area (Å²) < 4.78 is 7.52. The highest BCUT2D eigenvalue weighted by Crippen LogP contribution is 2.19. The lowest BCUT2D eigenvalue weighted by Gasteiger charge is -2.16. The summed E-state index contributed by atoms with van der Waals surface area (Å²) in [4.78, 5) is 16.2. The standard InChI is InChI=1S/C18H23N3O2/c1-14(20-18(22)8-7-17-6-3-11-23-17)15-4-2-5-16(12-15)21-10-9-19-13-21/h2,4-5,9-10,12-14,17H,3,6-8,11H2,1H3,(H,20,22). The Bertz CT molecular complexity index is 633. The van der Waals surface area contributed by atoms with Crippen LogP contribution in [0.2, 0.25) is 0 Å². The highest BCUT2D eigenvalue weighted by atomic mass is 16.5. The molecule has 122 valence electrons. The first-order valence-corrected chi connectivity index (χ1v) is 8.21. The van der Waals surface area contributed by atoms with Gasteiger partial charge >= 0.3 is 0 Å². The van der Waals surface area contributed by atoms with Crippen LogP contribution in [0.4, 0.5) is 0 Å². The van der Waals surface area contributed by atoms with Crippen molar-refractivity contribution >= 4 is 5.91 Å². The molecule has 1 aliphatic heterocycles. The van der Waals surface area contributed by atoms with E-state index >= 15 is 0 Å². The van der Waals surface area contributed by atoms with Crippen molar-refractivity contribution < 1.29 is 9.53 Å². The quantitative estimate of drug-likeness (QED) is 0.892. The summed E-state index contributed by atoms with van der Waals surface area (Å²) in [5.74, 6) is 0.0843. The maximum absolute atomic E-state index is 12.1. The van der Waals surface area contributed by atoms with E-state index in [9.17, 15) is 4.79 Å². The van der Waals surface area contributed by atoms with Gasteiger partial charge in [0.2, 0.25) is 5.91 Å². The Hall–Kier alpha value is -2.14. The molecule has 2 aromatic rings. The zero-order chi connectivity index (χ0) is 16.1. The number of rotatable bonds is 6. The minimum absolute atomic E-state index is 0.0181. The molecule has 23 heavy (non-hydrogen) atoms. The lowest BCUT2D eigenvalue weighted by molar-refractivity contribution is -0.122. The average molecular weight is 313 g/mol. The number of nitrogens with zero attached hydrogens (tertiary/aromatic N) is 2. The molecule has 0 radical (unpaired) electrons. The molecule has 1 aromatic carbocycles. The van der Waals surface area contributed by atoms with E-state index in [4.69, 9.17) is 4.74 Å². The summed E-state index contributed by atoms with van der Waals surface area (Å²) in [7, 11) is 0. The van der Waals surface area contributed by atoms with Crippen molar-refractivity contribution in [3.05, 3.63) is 48.5 Å². The van der Waals surface area contributed by atoms with Gasteiger partial charge in [-0.2, -0.15) is 0 Å². The molecule has 1 aromatic heterocycles. The second-order valence-electron chi connectivity index (χ2n) is 6.03. The highest BCUT2D eigenvalue weighted by Gasteiger charge is 2.17. The van der Waals surface area contributed by atoms with E-state index < -0.39 is 0 Å². The fourth-order valence-corrected chi connectivity index (χ4v) is 2.93. The molecule has 1 amide bonds. The molecule has 2 atom stereocenters. The van der Waals surface area contributed by atoms with E-state index in [0.29, 0.717) is 6.42 Å². The predicted molar refractivity (Wildman–Crippen MR) is 88.3 cm³/mol. The van der Waals surface area contributed by atoms with Crippen molar-refractivity contribution in [1.29, 1.82) is 0 Å². The van der Waals surface area contributed by atoms with Gasteiger partial charge in [0.15, 0.2) is 0 Å². The second-order valence-corrected chi connectivity index (χ2v) is 6.03. The molecule has 1 N–H and O–H groups in total. The molecular weight excluding hydrogens is 290 g/mol. The van der Waals surface area contributed by atoms with Gasteiger partial charge in [-0.3, -0.25) is 4.79 Å². The first kappa shape index (κ1) is 15.7. The van der Waals surface area contributed by atoms with Crippen molar-refractivity contribution in [3.63, 3.8) is 0 Å². The largest absolute Gasteiger partial charge is 0.378 e. The van der Waals surface area contributed by atoms with Crippen molar-refractivity contribution in [1.82, 2.24) is 14.9 Å². The van der Waals surface area contributed by atoms with Gasteiger partial charge in [-0.15, -0.1) is 0 Å². The maximum Gasteiger partial charge on any atom is 0.220 e. The Morgan fingerprint density at radius 3 is 3.17 bits per heavy atom. The second kappa shape index (κ2) is 7.42. The monoisotopic (exact) mass is 313 g/mol. The molecule has 1 fully saturated rings. The third kappa shape index (κ3) is 4.20. The Labute approximate surface area is 136 Å². The Morgan fingerprint density at radius 2 is 2.43 bits per heavy atom. The smallest absolute Gasteiger partial charge is 0.220 e. The fourth-order valence-electron chi connectivity index (χ4n) is 2.93. The molecule has 3 rings (SSSR count). The van der Waals surface area contributed by atoms with E-state index in [0.717, 1.165) is 37.1 Å². The Morgan fingerprint density at radius 1 is 1.52 bits per heavy atom. The Kier molecular flexibility index (Phi) is 5.08. The first-order chi connectivity index (χ1) is 11.2. The molecule has 0 bridgehead atoms. The van der Waals surface area contributed by atoms with E-state index in [1.807, 2.05) is 35.9 Å². The van der Waals surface area contributed by atoms with Crippen molar-refractivity contribution in [3.8, 4) is 5.69 Å². The molecule has 2 unspecified atom stereocenters. The molecule has 5 heteroatoms. The van der Waals surface area contributed by atoms with Crippen LogP contribution in [0.15, 0.2) is 43.0 Å². The average Bonchev–Trinajstić information content (AvgIpc) is 3.26. The maximum atomic E-state index is 12.1. The Balaban J connectivity index is 1.56. The molecule has 0 spiro atoms. The first-order valence-electron chi connectivity index (χ1n) is 8.21. The number of amides is 1. The van der Waals surface area contributed by atoms with Gasteiger partial charge < -0.3 is 14.6 Å². The van der Waals surface area contributed by atoms with E-state index in [2.05, 4.69) is 16.4 Å². The van der Waals surface area contributed by atoms with Gasteiger partial charge in [0.05, 0.1) is 18.5 Å². The van der Waals surface area contributed by atoms with Gasteiger partial charge in [0, 0.05) is 31.1 Å². The summed E-state index contributed by atoms with van der Waals surface area (Å²) in [5, 5.41) is 3.07.